The standard InChI is InChI=1S/C23H21F4NO/c1-3-22(29,19-10-9-18(24)13-20(19)25)23(26,27)21-11-8-17(14-28-21)12-16-6-4-15(2)5-7-16/h4-11,13-14,29H,3,12H2,1-2H3. The molecule has 0 bridgehead atoms. The van der Waals surface area contributed by atoms with Gasteiger partial charge in [0.05, 0.1) is 0 Å². The van der Waals surface area contributed by atoms with Crippen molar-refractivity contribution in [2.45, 2.75) is 38.2 Å². The highest BCUT2D eigenvalue weighted by atomic mass is 19.3. The van der Waals surface area contributed by atoms with Gasteiger partial charge in [0, 0.05) is 17.8 Å². The molecule has 1 heterocycles. The summed E-state index contributed by atoms with van der Waals surface area (Å²) in [5, 5.41) is 10.7. The maximum absolute atomic E-state index is 15.2. The summed E-state index contributed by atoms with van der Waals surface area (Å²) in [4.78, 5) is 3.84. The molecule has 2 nitrogen and oxygen atoms in total. The van der Waals surface area contributed by atoms with Gasteiger partial charge in [0.1, 0.15) is 17.3 Å². The second-order valence-electron chi connectivity index (χ2n) is 7.13. The Bertz CT molecular complexity index is 987. The van der Waals surface area contributed by atoms with Crippen LogP contribution in [0.1, 0.15) is 41.3 Å². The Kier molecular flexibility index (Phi) is 5.75. The lowest BCUT2D eigenvalue weighted by atomic mass is 9.82. The van der Waals surface area contributed by atoms with Gasteiger partial charge in [0.15, 0.2) is 5.60 Å². The molecule has 0 saturated carbocycles. The van der Waals surface area contributed by atoms with E-state index in [1.54, 1.807) is 0 Å². The quantitative estimate of drug-likeness (QED) is 0.540. The van der Waals surface area contributed by atoms with Crippen molar-refractivity contribution in [3.8, 4) is 0 Å². The van der Waals surface area contributed by atoms with Crippen LogP contribution in [0.25, 0.3) is 0 Å². The molecule has 0 saturated heterocycles. The van der Waals surface area contributed by atoms with Crippen molar-refractivity contribution >= 4 is 0 Å². The molecule has 6 heteroatoms. The molecule has 0 aliphatic rings. The molecule has 2 aromatic carbocycles. The van der Waals surface area contributed by atoms with Crippen LogP contribution in [-0.4, -0.2) is 10.1 Å². The van der Waals surface area contributed by atoms with Gasteiger partial charge in [-0.25, -0.2) is 8.78 Å². The number of hydrogen-bond donors (Lipinski definition) is 1. The van der Waals surface area contributed by atoms with Crippen molar-refractivity contribution in [1.82, 2.24) is 4.98 Å². The summed E-state index contributed by atoms with van der Waals surface area (Å²) < 4.78 is 57.7. The van der Waals surface area contributed by atoms with E-state index >= 15 is 8.78 Å². The van der Waals surface area contributed by atoms with Gasteiger partial charge < -0.3 is 5.11 Å². The van der Waals surface area contributed by atoms with Crippen LogP contribution in [0, 0.1) is 18.6 Å². The fourth-order valence-electron chi connectivity index (χ4n) is 3.27. The molecular formula is C23H21F4NO. The maximum Gasteiger partial charge on any atom is 0.321 e. The first-order valence-corrected chi connectivity index (χ1v) is 9.24. The third-order valence-corrected chi connectivity index (χ3v) is 5.08. The number of aryl methyl sites for hydroxylation is 1. The number of alkyl halides is 2. The number of aromatic nitrogens is 1. The summed E-state index contributed by atoms with van der Waals surface area (Å²) in [6, 6.07) is 12.6. The SMILES string of the molecule is CCC(O)(c1ccc(F)cc1F)C(F)(F)c1ccc(Cc2ccc(C)cc2)cn1. The number of rotatable bonds is 6. The average molecular weight is 403 g/mol. The van der Waals surface area contributed by atoms with Crippen LogP contribution < -0.4 is 0 Å². The lowest BCUT2D eigenvalue weighted by Crippen LogP contribution is -2.44. The molecule has 1 N–H and O–H groups in total. The summed E-state index contributed by atoms with van der Waals surface area (Å²) in [5.41, 5.74) is -1.36. The Morgan fingerprint density at radius 2 is 1.59 bits per heavy atom. The maximum atomic E-state index is 15.2. The van der Waals surface area contributed by atoms with Crippen molar-refractivity contribution in [1.29, 1.82) is 0 Å². The average Bonchev–Trinajstić information content (AvgIpc) is 2.69. The Morgan fingerprint density at radius 1 is 0.931 bits per heavy atom. The molecule has 0 amide bonds. The van der Waals surface area contributed by atoms with Crippen molar-refractivity contribution in [3.63, 3.8) is 0 Å². The van der Waals surface area contributed by atoms with E-state index in [0.717, 1.165) is 34.9 Å². The molecule has 0 spiro atoms. The van der Waals surface area contributed by atoms with Crippen molar-refractivity contribution in [3.05, 3.63) is 100 Å². The van der Waals surface area contributed by atoms with Crippen LogP contribution in [0.3, 0.4) is 0 Å². The summed E-state index contributed by atoms with van der Waals surface area (Å²) in [5.74, 6) is -6.03. The molecule has 3 aromatic rings. The number of hydrogen-bond acceptors (Lipinski definition) is 2. The first-order valence-electron chi connectivity index (χ1n) is 9.24. The first kappa shape index (κ1) is 21.0. The smallest absolute Gasteiger partial charge is 0.321 e. The number of pyridine rings is 1. The summed E-state index contributed by atoms with van der Waals surface area (Å²) in [7, 11) is 0. The molecule has 1 aromatic heterocycles. The number of nitrogens with zero attached hydrogens (tertiary/aromatic N) is 1. The molecule has 1 atom stereocenters. The lowest BCUT2D eigenvalue weighted by molar-refractivity contribution is -0.200. The Hall–Kier alpha value is -2.73. The molecule has 0 radical (unpaired) electrons. The Labute approximate surface area is 166 Å². The third kappa shape index (κ3) is 4.03. The second kappa shape index (κ2) is 7.95. The minimum atomic E-state index is -3.89. The molecule has 29 heavy (non-hydrogen) atoms. The zero-order chi connectivity index (χ0) is 21.2. The van der Waals surface area contributed by atoms with E-state index in [-0.39, 0.29) is 0 Å². The monoisotopic (exact) mass is 403 g/mol. The lowest BCUT2D eigenvalue weighted by Gasteiger charge is -2.35. The molecule has 0 fully saturated rings. The fraction of sp³-hybridized carbons (Fsp3) is 0.261. The van der Waals surface area contributed by atoms with E-state index in [2.05, 4.69) is 4.98 Å². The van der Waals surface area contributed by atoms with Gasteiger partial charge in [-0.15, -0.1) is 0 Å². The minimum absolute atomic E-state index is 0.476. The van der Waals surface area contributed by atoms with E-state index in [9.17, 15) is 13.9 Å². The topological polar surface area (TPSA) is 33.1 Å². The van der Waals surface area contributed by atoms with Crippen LogP contribution in [0.2, 0.25) is 0 Å². The molecule has 1 unspecified atom stereocenters. The second-order valence-corrected chi connectivity index (χ2v) is 7.13. The van der Waals surface area contributed by atoms with Gasteiger partial charge in [-0.05, 0) is 43.0 Å². The summed E-state index contributed by atoms with van der Waals surface area (Å²) in [6.45, 7) is 3.28. The first-order chi connectivity index (χ1) is 13.7. The van der Waals surface area contributed by atoms with Crippen molar-refractivity contribution in [2.24, 2.45) is 0 Å². The Balaban J connectivity index is 1.91. The highest BCUT2D eigenvalue weighted by molar-refractivity contribution is 5.33. The zero-order valence-electron chi connectivity index (χ0n) is 16.1. The van der Waals surface area contributed by atoms with E-state index in [0.29, 0.717) is 12.5 Å². The van der Waals surface area contributed by atoms with E-state index in [1.165, 1.54) is 19.2 Å². The zero-order valence-corrected chi connectivity index (χ0v) is 16.1. The predicted octanol–water partition coefficient (Wildman–Crippen LogP) is 5.65. The van der Waals surface area contributed by atoms with Gasteiger partial charge in [0.2, 0.25) is 0 Å². The summed E-state index contributed by atoms with van der Waals surface area (Å²) >= 11 is 0. The largest absolute Gasteiger partial charge is 0.378 e. The molecule has 3 rings (SSSR count). The van der Waals surface area contributed by atoms with Gasteiger partial charge in [-0.3, -0.25) is 4.98 Å². The van der Waals surface area contributed by atoms with Crippen LogP contribution in [-0.2, 0) is 17.9 Å². The van der Waals surface area contributed by atoms with Crippen LogP contribution >= 0.6 is 0 Å². The molecule has 0 aliphatic heterocycles. The molecule has 0 aliphatic carbocycles. The normalized spacial score (nSPS) is 13.9. The van der Waals surface area contributed by atoms with E-state index < -0.39 is 40.8 Å². The van der Waals surface area contributed by atoms with Crippen LogP contribution in [0.4, 0.5) is 17.6 Å². The van der Waals surface area contributed by atoms with Gasteiger partial charge in [-0.1, -0.05) is 48.9 Å². The van der Waals surface area contributed by atoms with Crippen molar-refractivity contribution in [2.75, 3.05) is 0 Å². The minimum Gasteiger partial charge on any atom is -0.378 e. The van der Waals surface area contributed by atoms with Crippen molar-refractivity contribution < 1.29 is 22.7 Å². The molecular weight excluding hydrogens is 382 g/mol. The fourth-order valence-corrected chi connectivity index (χ4v) is 3.27. The van der Waals surface area contributed by atoms with Crippen LogP contribution in [0.5, 0.6) is 0 Å². The van der Waals surface area contributed by atoms with Gasteiger partial charge in [-0.2, -0.15) is 8.78 Å². The highest BCUT2D eigenvalue weighted by Gasteiger charge is 2.56. The highest BCUT2D eigenvalue weighted by Crippen LogP contribution is 2.47. The number of aliphatic hydroxyl groups is 1. The van der Waals surface area contributed by atoms with E-state index in [1.807, 2.05) is 31.2 Å². The predicted molar refractivity (Wildman–Crippen MR) is 103 cm³/mol. The third-order valence-electron chi connectivity index (χ3n) is 5.08. The van der Waals surface area contributed by atoms with Gasteiger partial charge >= 0.3 is 5.92 Å². The summed E-state index contributed by atoms with van der Waals surface area (Å²) in [6.07, 6.45) is 1.35. The Morgan fingerprint density at radius 3 is 2.14 bits per heavy atom. The number of halogens is 4. The van der Waals surface area contributed by atoms with Gasteiger partial charge in [0.25, 0.3) is 0 Å². The van der Waals surface area contributed by atoms with Crippen LogP contribution in [0.15, 0.2) is 60.8 Å². The number of benzene rings is 2. The van der Waals surface area contributed by atoms with E-state index in [4.69, 9.17) is 0 Å². The molecule has 152 valence electrons.